The van der Waals surface area contributed by atoms with E-state index in [-0.39, 0.29) is 24.0 Å². The highest BCUT2D eigenvalue weighted by molar-refractivity contribution is 5.80. The minimum atomic E-state index is -0.194. The molecule has 6 atom stereocenters. The fourth-order valence-corrected chi connectivity index (χ4v) is 4.51. The molecule has 0 bridgehead atoms. The average Bonchev–Trinajstić information content (AvgIpc) is 2.92. The van der Waals surface area contributed by atoms with Crippen LogP contribution in [0.25, 0.3) is 0 Å². The molecule has 1 amide bonds. The quantitative estimate of drug-likeness (QED) is 0.743. The summed E-state index contributed by atoms with van der Waals surface area (Å²) in [6, 6.07) is 0.0293. The summed E-state index contributed by atoms with van der Waals surface area (Å²) in [5.41, 5.74) is 6.18. The van der Waals surface area contributed by atoms with Crippen molar-refractivity contribution < 1.29 is 9.90 Å². The normalized spacial score (nSPS) is 46.4. The van der Waals surface area contributed by atoms with Gasteiger partial charge in [-0.25, -0.2) is 0 Å². The molecule has 4 nitrogen and oxygen atoms in total. The second kappa shape index (κ2) is 5.06. The number of carbonyl (C=O) groups is 1. The predicted octanol–water partition coefficient (Wildman–Crippen LogP) is 0.979. The Morgan fingerprint density at radius 2 is 2.00 bits per heavy atom. The smallest absolute Gasteiger partial charge is 0.227 e. The van der Waals surface area contributed by atoms with Gasteiger partial charge in [0.2, 0.25) is 5.91 Å². The monoisotopic (exact) mass is 266 g/mol. The van der Waals surface area contributed by atoms with Gasteiger partial charge in [0.15, 0.2) is 0 Å². The number of nitrogens with zero attached hydrogens (tertiary/aromatic N) is 1. The first-order chi connectivity index (χ1) is 9.08. The molecule has 0 aromatic heterocycles. The van der Waals surface area contributed by atoms with Crippen molar-refractivity contribution in [3.8, 4) is 0 Å². The molecule has 2 saturated carbocycles. The highest BCUT2D eigenvalue weighted by atomic mass is 16.3. The Morgan fingerprint density at radius 1 is 1.21 bits per heavy atom. The number of nitrogens with two attached hydrogens (primary N) is 1. The Kier molecular flexibility index (Phi) is 3.56. The van der Waals surface area contributed by atoms with E-state index in [1.807, 2.05) is 4.90 Å². The molecule has 3 fully saturated rings. The molecular weight excluding hydrogens is 240 g/mol. The lowest BCUT2D eigenvalue weighted by Gasteiger charge is -2.36. The number of fused-ring (bicyclic) bond motifs is 1. The van der Waals surface area contributed by atoms with E-state index in [4.69, 9.17) is 5.73 Å². The zero-order valence-electron chi connectivity index (χ0n) is 11.8. The maximum atomic E-state index is 12.7. The van der Waals surface area contributed by atoms with Crippen LogP contribution in [-0.2, 0) is 4.79 Å². The van der Waals surface area contributed by atoms with Crippen LogP contribution in [0, 0.1) is 23.7 Å². The summed E-state index contributed by atoms with van der Waals surface area (Å²) in [5.74, 6) is 1.50. The van der Waals surface area contributed by atoms with Crippen molar-refractivity contribution in [1.29, 1.82) is 0 Å². The largest absolute Gasteiger partial charge is 0.393 e. The number of carbonyl (C=O) groups excluding carboxylic acids is 1. The predicted molar refractivity (Wildman–Crippen MR) is 73.3 cm³/mol. The number of amides is 1. The van der Waals surface area contributed by atoms with Gasteiger partial charge in [0.25, 0.3) is 0 Å². The van der Waals surface area contributed by atoms with Crippen molar-refractivity contribution >= 4 is 5.91 Å². The molecular formula is C15H26N2O2. The van der Waals surface area contributed by atoms with E-state index in [0.29, 0.717) is 17.8 Å². The molecule has 0 radical (unpaired) electrons. The lowest BCUT2D eigenvalue weighted by Crippen LogP contribution is -2.48. The highest BCUT2D eigenvalue weighted by Gasteiger charge is 2.46. The van der Waals surface area contributed by atoms with Gasteiger partial charge < -0.3 is 15.7 Å². The molecule has 1 saturated heterocycles. The van der Waals surface area contributed by atoms with Crippen LogP contribution in [0.15, 0.2) is 0 Å². The van der Waals surface area contributed by atoms with Crippen LogP contribution >= 0.6 is 0 Å². The van der Waals surface area contributed by atoms with Crippen LogP contribution < -0.4 is 5.73 Å². The maximum absolute atomic E-state index is 12.7. The summed E-state index contributed by atoms with van der Waals surface area (Å²) in [4.78, 5) is 14.7. The summed E-state index contributed by atoms with van der Waals surface area (Å²) in [5, 5.41) is 9.95. The summed E-state index contributed by atoms with van der Waals surface area (Å²) in [7, 11) is 0. The lowest BCUT2D eigenvalue weighted by atomic mass is 9.76. The Bertz CT molecular complexity index is 350. The summed E-state index contributed by atoms with van der Waals surface area (Å²) >= 11 is 0. The summed E-state index contributed by atoms with van der Waals surface area (Å²) in [6.07, 6.45) is 5.03. The van der Waals surface area contributed by atoms with Gasteiger partial charge in [0.05, 0.1) is 12.0 Å². The number of aliphatic hydroxyl groups excluding tert-OH is 1. The van der Waals surface area contributed by atoms with Crippen LogP contribution in [-0.4, -0.2) is 41.1 Å². The average molecular weight is 266 g/mol. The number of aliphatic hydroxyl groups is 1. The number of rotatable bonds is 1. The molecule has 0 aromatic rings. The Labute approximate surface area is 115 Å². The van der Waals surface area contributed by atoms with Crippen molar-refractivity contribution in [1.82, 2.24) is 4.90 Å². The second-order valence-corrected chi connectivity index (χ2v) is 6.91. The van der Waals surface area contributed by atoms with Gasteiger partial charge in [-0.2, -0.15) is 0 Å². The van der Waals surface area contributed by atoms with Gasteiger partial charge >= 0.3 is 0 Å². The first-order valence-corrected chi connectivity index (χ1v) is 7.80. The Morgan fingerprint density at radius 3 is 2.68 bits per heavy atom. The van der Waals surface area contributed by atoms with E-state index < -0.39 is 0 Å². The van der Waals surface area contributed by atoms with E-state index >= 15 is 0 Å². The van der Waals surface area contributed by atoms with Crippen LogP contribution in [0.3, 0.4) is 0 Å². The van der Waals surface area contributed by atoms with Gasteiger partial charge in [0, 0.05) is 25.0 Å². The van der Waals surface area contributed by atoms with Gasteiger partial charge in [-0.05, 0) is 37.5 Å². The van der Waals surface area contributed by atoms with Gasteiger partial charge in [-0.3, -0.25) is 4.79 Å². The summed E-state index contributed by atoms with van der Waals surface area (Å²) < 4.78 is 0. The third-order valence-corrected chi connectivity index (χ3v) is 5.69. The Hall–Kier alpha value is -0.610. The third-order valence-electron chi connectivity index (χ3n) is 5.69. The molecule has 19 heavy (non-hydrogen) atoms. The SMILES string of the molecule is CC1CCCC(N)C1C(=O)N1CC2CCC(O)C2C1. The van der Waals surface area contributed by atoms with Crippen molar-refractivity contribution in [3.63, 3.8) is 0 Å². The lowest BCUT2D eigenvalue weighted by molar-refractivity contribution is -0.138. The zero-order valence-corrected chi connectivity index (χ0v) is 11.8. The molecule has 0 spiro atoms. The first-order valence-electron chi connectivity index (χ1n) is 7.80. The molecule has 2 aliphatic carbocycles. The minimum absolute atomic E-state index is 0.00437. The first kappa shape index (κ1) is 13.4. The molecule has 3 rings (SSSR count). The van der Waals surface area contributed by atoms with Crippen LogP contribution in [0.5, 0.6) is 0 Å². The molecule has 4 heteroatoms. The molecule has 108 valence electrons. The fourth-order valence-electron chi connectivity index (χ4n) is 4.51. The van der Waals surface area contributed by atoms with Gasteiger partial charge in [-0.15, -0.1) is 0 Å². The van der Waals surface area contributed by atoms with Crippen LogP contribution in [0.1, 0.15) is 39.0 Å². The number of hydrogen-bond acceptors (Lipinski definition) is 3. The molecule has 1 aliphatic heterocycles. The van der Waals surface area contributed by atoms with Crippen molar-refractivity contribution in [2.75, 3.05) is 13.1 Å². The van der Waals surface area contributed by atoms with E-state index in [9.17, 15) is 9.90 Å². The van der Waals surface area contributed by atoms with Crippen molar-refractivity contribution in [2.45, 2.75) is 51.2 Å². The number of likely N-dealkylation sites (tertiary alicyclic amines) is 1. The van der Waals surface area contributed by atoms with E-state index in [0.717, 1.165) is 45.2 Å². The van der Waals surface area contributed by atoms with Crippen LogP contribution in [0.2, 0.25) is 0 Å². The van der Waals surface area contributed by atoms with E-state index in [1.165, 1.54) is 0 Å². The fraction of sp³-hybridized carbons (Fsp3) is 0.933. The zero-order chi connectivity index (χ0) is 13.6. The molecule has 3 N–H and O–H groups in total. The molecule has 0 aromatic carbocycles. The highest BCUT2D eigenvalue weighted by Crippen LogP contribution is 2.40. The summed E-state index contributed by atoms with van der Waals surface area (Å²) in [6.45, 7) is 3.75. The minimum Gasteiger partial charge on any atom is -0.393 e. The maximum Gasteiger partial charge on any atom is 0.227 e. The second-order valence-electron chi connectivity index (χ2n) is 6.91. The van der Waals surface area contributed by atoms with Crippen LogP contribution in [0.4, 0.5) is 0 Å². The van der Waals surface area contributed by atoms with Crippen molar-refractivity contribution in [2.24, 2.45) is 29.4 Å². The number of hydrogen-bond donors (Lipinski definition) is 2. The standard InChI is InChI=1S/C15H26N2O2/c1-9-3-2-4-12(16)14(9)15(19)17-7-10-5-6-13(18)11(10)8-17/h9-14,18H,2-8,16H2,1H3. The van der Waals surface area contributed by atoms with Crippen molar-refractivity contribution in [3.05, 3.63) is 0 Å². The van der Waals surface area contributed by atoms with Gasteiger partial charge in [-0.1, -0.05) is 13.3 Å². The molecule has 1 heterocycles. The topological polar surface area (TPSA) is 66.6 Å². The van der Waals surface area contributed by atoms with Gasteiger partial charge in [0.1, 0.15) is 0 Å². The molecule has 3 aliphatic rings. The Balaban J connectivity index is 1.68. The molecule has 6 unspecified atom stereocenters. The van der Waals surface area contributed by atoms with E-state index in [1.54, 1.807) is 0 Å². The van der Waals surface area contributed by atoms with E-state index in [2.05, 4.69) is 6.92 Å². The third kappa shape index (κ3) is 2.29.